The van der Waals surface area contributed by atoms with Crippen molar-refractivity contribution >= 4 is 0 Å². The normalized spacial score (nSPS) is 29.2. The standard InChI is InChI=1S/C15H25N3O2/c1-19-12-9-13(16-10-12)15-17-14(18-20-15)11-7-5-3-2-4-6-8-11/h11-13,16H,2-10H2,1H3. The van der Waals surface area contributed by atoms with E-state index >= 15 is 0 Å². The fraction of sp³-hybridized carbons (Fsp3) is 0.867. The van der Waals surface area contributed by atoms with E-state index in [-0.39, 0.29) is 12.1 Å². The van der Waals surface area contributed by atoms with Gasteiger partial charge in [0.15, 0.2) is 5.82 Å². The van der Waals surface area contributed by atoms with Gasteiger partial charge in [0, 0.05) is 19.6 Å². The summed E-state index contributed by atoms with van der Waals surface area (Å²) in [6.45, 7) is 0.863. The van der Waals surface area contributed by atoms with Crippen molar-refractivity contribution in [2.75, 3.05) is 13.7 Å². The summed E-state index contributed by atoms with van der Waals surface area (Å²) in [4.78, 5) is 4.66. The lowest BCUT2D eigenvalue weighted by Crippen LogP contribution is -2.16. The number of nitrogens with one attached hydrogen (secondary N) is 1. The second kappa shape index (κ2) is 6.68. The third kappa shape index (κ3) is 3.20. The highest BCUT2D eigenvalue weighted by Gasteiger charge is 2.30. The van der Waals surface area contributed by atoms with Crippen molar-refractivity contribution < 1.29 is 9.26 Å². The van der Waals surface area contributed by atoms with Crippen LogP contribution in [0.15, 0.2) is 4.52 Å². The van der Waals surface area contributed by atoms with E-state index in [2.05, 4.69) is 15.5 Å². The molecule has 2 heterocycles. The molecule has 0 aromatic carbocycles. The zero-order valence-corrected chi connectivity index (χ0v) is 12.3. The molecule has 112 valence electrons. The largest absolute Gasteiger partial charge is 0.380 e. The summed E-state index contributed by atoms with van der Waals surface area (Å²) >= 11 is 0. The molecule has 5 nitrogen and oxygen atoms in total. The second-order valence-corrected chi connectivity index (χ2v) is 6.09. The fourth-order valence-corrected chi connectivity index (χ4v) is 3.34. The minimum Gasteiger partial charge on any atom is -0.380 e. The molecule has 2 atom stereocenters. The van der Waals surface area contributed by atoms with E-state index in [1.807, 2.05) is 0 Å². The Hall–Kier alpha value is -0.940. The van der Waals surface area contributed by atoms with E-state index in [4.69, 9.17) is 9.26 Å². The second-order valence-electron chi connectivity index (χ2n) is 6.09. The van der Waals surface area contributed by atoms with E-state index in [1.165, 1.54) is 44.9 Å². The molecule has 0 amide bonds. The van der Waals surface area contributed by atoms with Crippen LogP contribution in [0.5, 0.6) is 0 Å². The molecule has 2 fully saturated rings. The van der Waals surface area contributed by atoms with Crippen LogP contribution in [-0.4, -0.2) is 29.9 Å². The molecule has 1 aliphatic carbocycles. The van der Waals surface area contributed by atoms with Crippen LogP contribution in [-0.2, 0) is 4.74 Å². The van der Waals surface area contributed by atoms with Gasteiger partial charge in [-0.15, -0.1) is 0 Å². The maximum absolute atomic E-state index is 5.49. The molecule has 1 N–H and O–H groups in total. The number of methoxy groups -OCH3 is 1. The van der Waals surface area contributed by atoms with E-state index in [9.17, 15) is 0 Å². The monoisotopic (exact) mass is 279 g/mol. The van der Waals surface area contributed by atoms with Crippen molar-refractivity contribution in [1.82, 2.24) is 15.5 Å². The van der Waals surface area contributed by atoms with Gasteiger partial charge in [-0.1, -0.05) is 37.3 Å². The topological polar surface area (TPSA) is 60.2 Å². The third-order valence-electron chi connectivity index (χ3n) is 4.65. The average molecular weight is 279 g/mol. The lowest BCUT2D eigenvalue weighted by Gasteiger charge is -2.15. The molecule has 5 heteroatoms. The molecule has 1 aromatic heterocycles. The molecule has 1 aliphatic heterocycles. The van der Waals surface area contributed by atoms with Crippen molar-refractivity contribution in [1.29, 1.82) is 0 Å². The Bertz CT molecular complexity index is 413. The Morgan fingerprint density at radius 1 is 1.15 bits per heavy atom. The van der Waals surface area contributed by atoms with Gasteiger partial charge in [0.2, 0.25) is 5.89 Å². The Balaban J connectivity index is 1.63. The molecule has 1 saturated carbocycles. The smallest absolute Gasteiger partial charge is 0.243 e. The van der Waals surface area contributed by atoms with Crippen LogP contribution in [0, 0.1) is 0 Å². The first-order valence-electron chi connectivity index (χ1n) is 7.96. The van der Waals surface area contributed by atoms with Crippen LogP contribution >= 0.6 is 0 Å². The highest BCUT2D eigenvalue weighted by molar-refractivity contribution is 5.01. The Labute approximate surface area is 120 Å². The highest BCUT2D eigenvalue weighted by Crippen LogP contribution is 2.31. The Morgan fingerprint density at radius 3 is 2.60 bits per heavy atom. The molecule has 2 unspecified atom stereocenters. The van der Waals surface area contributed by atoms with Gasteiger partial charge in [-0.2, -0.15) is 4.98 Å². The Morgan fingerprint density at radius 2 is 1.90 bits per heavy atom. The highest BCUT2D eigenvalue weighted by atomic mass is 16.5. The maximum atomic E-state index is 5.49. The molecule has 3 rings (SSSR count). The minimum absolute atomic E-state index is 0.162. The summed E-state index contributed by atoms with van der Waals surface area (Å²) in [5, 5.41) is 7.63. The van der Waals surface area contributed by atoms with Gasteiger partial charge >= 0.3 is 0 Å². The van der Waals surface area contributed by atoms with Crippen LogP contribution in [0.2, 0.25) is 0 Å². The molecule has 0 spiro atoms. The molecular formula is C15H25N3O2. The molecule has 0 bridgehead atoms. The lowest BCUT2D eigenvalue weighted by atomic mass is 9.91. The quantitative estimate of drug-likeness (QED) is 0.921. The van der Waals surface area contributed by atoms with Gasteiger partial charge in [0.05, 0.1) is 12.1 Å². The number of rotatable bonds is 3. The van der Waals surface area contributed by atoms with Crippen LogP contribution in [0.25, 0.3) is 0 Å². The van der Waals surface area contributed by atoms with Crippen LogP contribution in [0.3, 0.4) is 0 Å². The number of hydrogen-bond donors (Lipinski definition) is 1. The summed E-state index contributed by atoms with van der Waals surface area (Å²) in [7, 11) is 1.75. The van der Waals surface area contributed by atoms with E-state index < -0.39 is 0 Å². The number of nitrogens with zero attached hydrogens (tertiary/aromatic N) is 2. The van der Waals surface area contributed by atoms with Crippen LogP contribution < -0.4 is 5.32 Å². The van der Waals surface area contributed by atoms with Gasteiger partial charge in [-0.25, -0.2) is 0 Å². The fourth-order valence-electron chi connectivity index (χ4n) is 3.34. The van der Waals surface area contributed by atoms with Gasteiger partial charge in [0.25, 0.3) is 0 Å². The minimum atomic E-state index is 0.162. The third-order valence-corrected chi connectivity index (χ3v) is 4.65. The molecule has 20 heavy (non-hydrogen) atoms. The lowest BCUT2D eigenvalue weighted by molar-refractivity contribution is 0.116. The summed E-state index contributed by atoms with van der Waals surface area (Å²) < 4.78 is 10.9. The van der Waals surface area contributed by atoms with Crippen molar-refractivity contribution in [2.24, 2.45) is 0 Å². The summed E-state index contributed by atoms with van der Waals surface area (Å²) in [5.41, 5.74) is 0. The number of hydrogen-bond acceptors (Lipinski definition) is 5. The first-order valence-corrected chi connectivity index (χ1v) is 7.96. The van der Waals surface area contributed by atoms with Crippen molar-refractivity contribution in [2.45, 2.75) is 69.4 Å². The summed E-state index contributed by atoms with van der Waals surface area (Å²) in [6, 6.07) is 0.162. The van der Waals surface area contributed by atoms with Crippen LogP contribution in [0.4, 0.5) is 0 Å². The summed E-state index contributed by atoms with van der Waals surface area (Å²) in [6.07, 6.45) is 10.3. The van der Waals surface area contributed by atoms with Gasteiger partial charge < -0.3 is 14.6 Å². The van der Waals surface area contributed by atoms with Gasteiger partial charge in [-0.05, 0) is 19.3 Å². The summed E-state index contributed by atoms with van der Waals surface area (Å²) in [5.74, 6) is 2.15. The predicted molar refractivity (Wildman–Crippen MR) is 75.5 cm³/mol. The van der Waals surface area contributed by atoms with E-state index in [0.29, 0.717) is 5.92 Å². The zero-order chi connectivity index (χ0) is 13.8. The zero-order valence-electron chi connectivity index (χ0n) is 12.3. The van der Waals surface area contributed by atoms with E-state index in [0.717, 1.165) is 24.7 Å². The molecule has 1 aromatic rings. The molecular weight excluding hydrogens is 254 g/mol. The predicted octanol–water partition coefficient (Wildman–Crippen LogP) is 2.95. The maximum Gasteiger partial charge on any atom is 0.243 e. The van der Waals surface area contributed by atoms with E-state index in [1.54, 1.807) is 7.11 Å². The Kier molecular flexibility index (Phi) is 4.68. The number of aromatic nitrogens is 2. The van der Waals surface area contributed by atoms with Crippen molar-refractivity contribution in [3.63, 3.8) is 0 Å². The molecule has 2 aliphatic rings. The SMILES string of the molecule is COC1CNC(c2nc(C3CCCCCCC3)no2)C1. The van der Waals surface area contributed by atoms with Crippen molar-refractivity contribution in [3.8, 4) is 0 Å². The van der Waals surface area contributed by atoms with Crippen molar-refractivity contribution in [3.05, 3.63) is 11.7 Å². The first-order chi connectivity index (χ1) is 9.86. The van der Waals surface area contributed by atoms with Crippen LogP contribution in [0.1, 0.15) is 75.0 Å². The number of ether oxygens (including phenoxy) is 1. The van der Waals surface area contributed by atoms with Gasteiger partial charge in [-0.3, -0.25) is 0 Å². The molecule has 0 radical (unpaired) electrons. The average Bonchev–Trinajstić information content (AvgIpc) is 3.06. The first kappa shape index (κ1) is 14.0. The molecule has 1 saturated heterocycles. The van der Waals surface area contributed by atoms with Gasteiger partial charge in [0.1, 0.15) is 0 Å².